The van der Waals surface area contributed by atoms with Crippen molar-refractivity contribution >= 4 is 12.4 Å². The fraction of sp³-hybridized carbons (Fsp3) is 0.364. The third-order valence-electron chi connectivity index (χ3n) is 2.22. The molecular formula is C11H12N2O3. The lowest BCUT2D eigenvalue weighted by Gasteiger charge is -2.14. The number of hydrogen-bond donors (Lipinski definition) is 0. The van der Waals surface area contributed by atoms with Gasteiger partial charge in [0.05, 0.1) is 12.3 Å². The number of rotatable bonds is 3. The summed E-state index contributed by atoms with van der Waals surface area (Å²) in [6.07, 6.45) is 2.46. The molecule has 1 aromatic heterocycles. The van der Waals surface area contributed by atoms with E-state index in [2.05, 4.69) is 9.98 Å². The van der Waals surface area contributed by atoms with Gasteiger partial charge in [0.1, 0.15) is 0 Å². The molecule has 0 radical (unpaired) electrons. The largest absolute Gasteiger partial charge is 0.471 e. The van der Waals surface area contributed by atoms with Crippen LogP contribution in [0.4, 0.5) is 0 Å². The molecule has 1 aliphatic rings. The first-order chi connectivity index (χ1) is 7.83. The first kappa shape index (κ1) is 10.6. The van der Waals surface area contributed by atoms with Crippen LogP contribution in [-0.4, -0.2) is 30.0 Å². The van der Waals surface area contributed by atoms with Crippen LogP contribution in [0.5, 0.6) is 0 Å². The lowest BCUT2D eigenvalue weighted by atomic mass is 10.1. The van der Waals surface area contributed by atoms with E-state index in [-0.39, 0.29) is 5.97 Å². The van der Waals surface area contributed by atoms with Crippen LogP contribution in [0, 0.1) is 0 Å². The Bertz CT molecular complexity index is 391. The average molecular weight is 220 g/mol. The molecule has 0 saturated heterocycles. The highest BCUT2D eigenvalue weighted by molar-refractivity contribution is 5.80. The number of carbonyl (C=O) groups is 1. The number of hydrogen-bond acceptors (Lipinski definition) is 5. The van der Waals surface area contributed by atoms with E-state index in [1.54, 1.807) is 25.3 Å². The maximum absolute atomic E-state index is 11.6. The van der Waals surface area contributed by atoms with Crippen LogP contribution in [-0.2, 0) is 14.3 Å². The van der Waals surface area contributed by atoms with Gasteiger partial charge in [-0.05, 0) is 19.1 Å². The molecule has 0 N–H and O–H groups in total. The molecule has 16 heavy (non-hydrogen) atoms. The van der Waals surface area contributed by atoms with Gasteiger partial charge >= 0.3 is 5.97 Å². The third kappa shape index (κ3) is 2.03. The second-order valence-electron chi connectivity index (χ2n) is 3.26. The molecule has 5 heteroatoms. The van der Waals surface area contributed by atoms with Crippen LogP contribution in [0.25, 0.3) is 0 Å². The summed E-state index contributed by atoms with van der Waals surface area (Å²) in [4.78, 5) is 19.7. The van der Waals surface area contributed by atoms with Crippen molar-refractivity contribution in [2.45, 2.75) is 19.1 Å². The number of pyridine rings is 1. The zero-order chi connectivity index (χ0) is 11.4. The van der Waals surface area contributed by atoms with Crippen molar-refractivity contribution < 1.29 is 14.3 Å². The molecule has 0 amide bonds. The zero-order valence-electron chi connectivity index (χ0n) is 8.87. The molecule has 0 aliphatic carbocycles. The monoisotopic (exact) mass is 220 g/mol. The van der Waals surface area contributed by atoms with E-state index < -0.39 is 12.1 Å². The molecule has 0 fully saturated rings. The fourth-order valence-corrected chi connectivity index (χ4v) is 1.51. The van der Waals surface area contributed by atoms with Crippen LogP contribution in [0.3, 0.4) is 0 Å². The van der Waals surface area contributed by atoms with Crippen molar-refractivity contribution in [2.24, 2.45) is 4.99 Å². The first-order valence-electron chi connectivity index (χ1n) is 5.07. The quantitative estimate of drug-likeness (QED) is 0.716. The summed E-state index contributed by atoms with van der Waals surface area (Å²) in [5, 5.41) is 0. The minimum absolute atomic E-state index is 0.333. The van der Waals surface area contributed by atoms with Gasteiger partial charge in [0.15, 0.2) is 18.5 Å². The molecule has 0 bridgehead atoms. The van der Waals surface area contributed by atoms with E-state index >= 15 is 0 Å². The van der Waals surface area contributed by atoms with Gasteiger partial charge in [0, 0.05) is 6.20 Å². The van der Waals surface area contributed by atoms with Gasteiger partial charge in [0.2, 0.25) is 0 Å². The Balaban J connectivity index is 2.14. The number of aliphatic imine (C=N–C) groups is 1. The van der Waals surface area contributed by atoms with Crippen molar-refractivity contribution in [3.63, 3.8) is 0 Å². The summed E-state index contributed by atoms with van der Waals surface area (Å²) in [5.74, 6) is -0.382. The van der Waals surface area contributed by atoms with Crippen molar-refractivity contribution in [2.75, 3.05) is 6.61 Å². The summed E-state index contributed by atoms with van der Waals surface area (Å²) in [6, 6.07) is 4.80. The van der Waals surface area contributed by atoms with Gasteiger partial charge < -0.3 is 9.47 Å². The highest BCUT2D eigenvalue weighted by Gasteiger charge is 2.35. The second kappa shape index (κ2) is 4.74. The van der Waals surface area contributed by atoms with Crippen LogP contribution < -0.4 is 0 Å². The number of nitrogens with zero attached hydrogens (tertiary/aromatic N) is 2. The lowest BCUT2D eigenvalue weighted by Crippen LogP contribution is -2.26. The Morgan fingerprint density at radius 2 is 2.44 bits per heavy atom. The van der Waals surface area contributed by atoms with Gasteiger partial charge in [-0.3, -0.25) is 4.98 Å². The van der Waals surface area contributed by atoms with Crippen LogP contribution >= 0.6 is 0 Å². The van der Waals surface area contributed by atoms with Gasteiger partial charge in [-0.2, -0.15) is 0 Å². The Morgan fingerprint density at radius 3 is 3.12 bits per heavy atom. The van der Waals surface area contributed by atoms with Gasteiger partial charge in [0.25, 0.3) is 0 Å². The zero-order valence-corrected chi connectivity index (χ0v) is 8.87. The second-order valence-corrected chi connectivity index (χ2v) is 3.26. The van der Waals surface area contributed by atoms with Crippen molar-refractivity contribution in [1.29, 1.82) is 0 Å². The number of carbonyl (C=O) groups excluding carboxylic acids is 1. The molecule has 84 valence electrons. The van der Waals surface area contributed by atoms with Gasteiger partial charge in [-0.1, -0.05) is 6.07 Å². The number of ether oxygens (including phenoxy) is 2. The molecule has 0 saturated carbocycles. The van der Waals surface area contributed by atoms with Crippen LogP contribution in [0.2, 0.25) is 0 Å². The standard InChI is InChI=1S/C11H12N2O3/c1-2-15-11(14)9-10(16-7-13-9)8-5-3-4-6-12-8/h3-7,9-10H,2H2,1H3/t9-,10+/m1/s1. The van der Waals surface area contributed by atoms with E-state index in [4.69, 9.17) is 9.47 Å². The summed E-state index contributed by atoms with van der Waals surface area (Å²) in [7, 11) is 0. The topological polar surface area (TPSA) is 60.8 Å². The lowest BCUT2D eigenvalue weighted by molar-refractivity contribution is -0.146. The number of aromatic nitrogens is 1. The van der Waals surface area contributed by atoms with Gasteiger partial charge in [-0.15, -0.1) is 0 Å². The van der Waals surface area contributed by atoms with E-state index in [1.807, 2.05) is 6.07 Å². The molecule has 0 spiro atoms. The Labute approximate surface area is 93.1 Å². The average Bonchev–Trinajstić information content (AvgIpc) is 2.79. The minimum Gasteiger partial charge on any atom is -0.471 e. The van der Waals surface area contributed by atoms with Crippen molar-refractivity contribution in [3.8, 4) is 0 Å². The first-order valence-corrected chi connectivity index (χ1v) is 5.07. The van der Waals surface area contributed by atoms with Crippen LogP contribution in [0.15, 0.2) is 29.4 Å². The highest BCUT2D eigenvalue weighted by Crippen LogP contribution is 2.25. The normalized spacial score (nSPS) is 22.8. The van der Waals surface area contributed by atoms with Crippen molar-refractivity contribution in [3.05, 3.63) is 30.1 Å². The van der Waals surface area contributed by atoms with E-state index in [9.17, 15) is 4.79 Å². The van der Waals surface area contributed by atoms with E-state index in [1.165, 1.54) is 6.40 Å². The molecule has 0 aromatic carbocycles. The highest BCUT2D eigenvalue weighted by atomic mass is 16.5. The summed E-state index contributed by atoms with van der Waals surface area (Å²) < 4.78 is 10.2. The van der Waals surface area contributed by atoms with E-state index in [0.29, 0.717) is 12.3 Å². The maximum atomic E-state index is 11.6. The molecule has 2 heterocycles. The summed E-state index contributed by atoms with van der Waals surface area (Å²) >= 11 is 0. The maximum Gasteiger partial charge on any atom is 0.335 e. The third-order valence-corrected chi connectivity index (χ3v) is 2.22. The van der Waals surface area contributed by atoms with E-state index in [0.717, 1.165) is 0 Å². The predicted molar refractivity (Wildman–Crippen MR) is 57.0 cm³/mol. The molecule has 1 aliphatic heterocycles. The Hall–Kier alpha value is -1.91. The molecule has 2 rings (SSSR count). The smallest absolute Gasteiger partial charge is 0.335 e. The summed E-state index contributed by atoms with van der Waals surface area (Å²) in [5.41, 5.74) is 0.679. The van der Waals surface area contributed by atoms with Crippen LogP contribution in [0.1, 0.15) is 18.7 Å². The SMILES string of the molecule is CCOC(=O)[C@@H]1N=CO[C@H]1c1ccccn1. The predicted octanol–water partition coefficient (Wildman–Crippen LogP) is 1.11. The Morgan fingerprint density at radius 1 is 1.56 bits per heavy atom. The molecule has 0 unspecified atom stereocenters. The van der Waals surface area contributed by atoms with Crippen molar-refractivity contribution in [1.82, 2.24) is 4.98 Å². The minimum atomic E-state index is -0.644. The molecular weight excluding hydrogens is 208 g/mol. The Kier molecular flexibility index (Phi) is 3.14. The summed E-state index contributed by atoms with van der Waals surface area (Å²) in [6.45, 7) is 2.09. The molecule has 2 atom stereocenters. The number of esters is 1. The van der Waals surface area contributed by atoms with Gasteiger partial charge in [-0.25, -0.2) is 9.79 Å². The molecule has 5 nitrogen and oxygen atoms in total. The molecule has 1 aromatic rings. The fourth-order valence-electron chi connectivity index (χ4n) is 1.51.